The zero-order chi connectivity index (χ0) is 21.3. The summed E-state index contributed by atoms with van der Waals surface area (Å²) in [5.41, 5.74) is 0.137. The van der Waals surface area contributed by atoms with Crippen LogP contribution in [0.2, 0.25) is 0 Å². The second kappa shape index (κ2) is 8.23. The second-order valence-electron chi connectivity index (χ2n) is 7.53. The topological polar surface area (TPSA) is 134 Å². The zero-order valence-electron chi connectivity index (χ0n) is 16.2. The average Bonchev–Trinajstić information content (AvgIpc) is 2.98. The average molecular weight is 414 g/mol. The van der Waals surface area contributed by atoms with Gasteiger partial charge < -0.3 is 15.4 Å². The molecule has 1 aromatic carbocycles. The van der Waals surface area contributed by atoms with E-state index in [9.17, 15) is 24.0 Å². The number of carbonyl (C=O) groups excluding carboxylic acids is 5. The highest BCUT2D eigenvalue weighted by Crippen LogP contribution is 2.33. The molecule has 0 aliphatic carbocycles. The van der Waals surface area contributed by atoms with Gasteiger partial charge in [0.2, 0.25) is 11.8 Å². The summed E-state index contributed by atoms with van der Waals surface area (Å²) in [4.78, 5) is 62.4. The van der Waals surface area contributed by atoms with Crippen molar-refractivity contribution in [3.63, 3.8) is 0 Å². The lowest BCUT2D eigenvalue weighted by Crippen LogP contribution is -2.54. The van der Waals surface area contributed by atoms with Gasteiger partial charge in [0.05, 0.1) is 11.1 Å². The number of nitrogens with one attached hydrogen (secondary N) is 3. The maximum atomic E-state index is 13.0. The standard InChI is InChI=1S/C20H22N4O6/c25-15-7-6-13(18(27)23-15)24-19(28)12-4-1-5-14(17(12)20(24)29)30-10-16(26)22-11-3-2-8-21-9-11/h1,4-5,11,13,21H,2-3,6-10H2,(H,22,26)(H,23,25,27)/t11-,13?/m1/s1. The van der Waals surface area contributed by atoms with E-state index in [1.807, 2.05) is 0 Å². The number of ether oxygens (including phenoxy) is 1. The lowest BCUT2D eigenvalue weighted by molar-refractivity contribution is -0.136. The molecule has 0 saturated carbocycles. The second-order valence-corrected chi connectivity index (χ2v) is 7.53. The summed E-state index contributed by atoms with van der Waals surface area (Å²) in [6.07, 6.45) is 1.98. The molecule has 30 heavy (non-hydrogen) atoms. The molecule has 10 nitrogen and oxygen atoms in total. The van der Waals surface area contributed by atoms with Crippen LogP contribution in [0.1, 0.15) is 46.4 Å². The Bertz CT molecular complexity index is 924. The third kappa shape index (κ3) is 3.78. The fourth-order valence-corrected chi connectivity index (χ4v) is 3.99. The summed E-state index contributed by atoms with van der Waals surface area (Å²) in [5.74, 6) is -2.61. The van der Waals surface area contributed by atoms with Crippen molar-refractivity contribution in [3.05, 3.63) is 29.3 Å². The normalized spacial score (nSPS) is 23.8. The lowest BCUT2D eigenvalue weighted by Gasteiger charge is -2.27. The molecule has 0 radical (unpaired) electrons. The molecule has 0 aromatic heterocycles. The van der Waals surface area contributed by atoms with Gasteiger partial charge in [-0.1, -0.05) is 6.07 Å². The highest BCUT2D eigenvalue weighted by Gasteiger charge is 2.46. The van der Waals surface area contributed by atoms with Crippen LogP contribution in [0.15, 0.2) is 18.2 Å². The van der Waals surface area contributed by atoms with E-state index in [0.717, 1.165) is 24.3 Å². The first-order chi connectivity index (χ1) is 14.5. The van der Waals surface area contributed by atoms with Crippen molar-refractivity contribution in [2.75, 3.05) is 19.7 Å². The molecule has 158 valence electrons. The fourth-order valence-electron chi connectivity index (χ4n) is 3.99. The maximum absolute atomic E-state index is 13.0. The van der Waals surface area contributed by atoms with Gasteiger partial charge in [0.15, 0.2) is 6.61 Å². The smallest absolute Gasteiger partial charge is 0.266 e. The summed E-state index contributed by atoms with van der Waals surface area (Å²) in [7, 11) is 0. The van der Waals surface area contributed by atoms with Crippen molar-refractivity contribution in [1.82, 2.24) is 20.9 Å². The van der Waals surface area contributed by atoms with Crippen LogP contribution in [-0.2, 0) is 14.4 Å². The van der Waals surface area contributed by atoms with E-state index < -0.39 is 29.7 Å². The minimum Gasteiger partial charge on any atom is -0.483 e. The summed E-state index contributed by atoms with van der Waals surface area (Å²) in [6, 6.07) is 3.51. The third-order valence-electron chi connectivity index (χ3n) is 5.45. The molecule has 3 aliphatic rings. The van der Waals surface area contributed by atoms with E-state index in [-0.39, 0.29) is 48.3 Å². The van der Waals surface area contributed by atoms with E-state index >= 15 is 0 Å². The number of nitrogens with zero attached hydrogens (tertiary/aromatic N) is 1. The molecule has 2 fully saturated rings. The molecule has 3 N–H and O–H groups in total. The quantitative estimate of drug-likeness (QED) is 0.544. The van der Waals surface area contributed by atoms with Gasteiger partial charge in [0.25, 0.3) is 17.7 Å². The minimum absolute atomic E-state index is 0.0272. The van der Waals surface area contributed by atoms with Crippen molar-refractivity contribution < 1.29 is 28.7 Å². The summed E-state index contributed by atoms with van der Waals surface area (Å²) < 4.78 is 5.56. The van der Waals surface area contributed by atoms with Crippen LogP contribution >= 0.6 is 0 Å². The molecule has 2 saturated heterocycles. The molecule has 10 heteroatoms. The van der Waals surface area contributed by atoms with Crippen LogP contribution in [0.4, 0.5) is 0 Å². The van der Waals surface area contributed by atoms with E-state index in [0.29, 0.717) is 6.54 Å². The molecule has 3 aliphatic heterocycles. The number of rotatable bonds is 5. The van der Waals surface area contributed by atoms with Crippen molar-refractivity contribution in [3.8, 4) is 5.75 Å². The number of imide groups is 2. The van der Waals surface area contributed by atoms with Crippen LogP contribution in [0.25, 0.3) is 0 Å². The van der Waals surface area contributed by atoms with Gasteiger partial charge in [0, 0.05) is 19.0 Å². The molecular formula is C20H22N4O6. The minimum atomic E-state index is -1.05. The molecule has 5 amide bonds. The van der Waals surface area contributed by atoms with Gasteiger partial charge in [-0.05, 0) is 37.9 Å². The van der Waals surface area contributed by atoms with Crippen molar-refractivity contribution >= 4 is 29.5 Å². The van der Waals surface area contributed by atoms with E-state index in [4.69, 9.17) is 4.74 Å². The number of benzene rings is 1. The third-order valence-corrected chi connectivity index (χ3v) is 5.45. The highest BCUT2D eigenvalue weighted by atomic mass is 16.5. The molecule has 2 atom stereocenters. The Balaban J connectivity index is 1.47. The number of hydrogen-bond acceptors (Lipinski definition) is 7. The number of amides is 5. The van der Waals surface area contributed by atoms with E-state index in [1.54, 1.807) is 6.07 Å². The van der Waals surface area contributed by atoms with Crippen LogP contribution in [-0.4, -0.2) is 66.2 Å². The Labute approximate surface area is 172 Å². The number of carbonyl (C=O) groups is 5. The summed E-state index contributed by atoms with van der Waals surface area (Å²) in [6.45, 7) is 1.33. The zero-order valence-corrected chi connectivity index (χ0v) is 16.2. The summed E-state index contributed by atoms with van der Waals surface area (Å²) >= 11 is 0. The summed E-state index contributed by atoms with van der Waals surface area (Å²) in [5, 5.41) is 8.23. The SMILES string of the molecule is O=C1CCC(N2C(=O)c3cccc(OCC(=O)N[C@@H]4CCCNC4)c3C2=O)C(=O)N1. The van der Waals surface area contributed by atoms with E-state index in [2.05, 4.69) is 16.0 Å². The lowest BCUT2D eigenvalue weighted by atomic mass is 10.0. The van der Waals surface area contributed by atoms with Crippen molar-refractivity contribution in [2.24, 2.45) is 0 Å². The molecule has 4 rings (SSSR count). The van der Waals surface area contributed by atoms with E-state index in [1.165, 1.54) is 12.1 Å². The molecule has 0 bridgehead atoms. The van der Waals surface area contributed by atoms with Crippen LogP contribution < -0.4 is 20.7 Å². The van der Waals surface area contributed by atoms with Gasteiger partial charge >= 0.3 is 0 Å². The Kier molecular flexibility index (Phi) is 5.49. The molecular weight excluding hydrogens is 392 g/mol. The number of fused-ring (bicyclic) bond motifs is 1. The van der Waals surface area contributed by atoms with Gasteiger partial charge in [-0.2, -0.15) is 0 Å². The predicted octanol–water partition coefficient (Wildman–Crippen LogP) is -0.665. The first-order valence-corrected chi connectivity index (χ1v) is 9.93. The Morgan fingerprint density at radius 1 is 1.17 bits per heavy atom. The van der Waals surface area contributed by atoms with Crippen LogP contribution in [0.5, 0.6) is 5.75 Å². The van der Waals surface area contributed by atoms with Crippen LogP contribution in [0.3, 0.4) is 0 Å². The van der Waals surface area contributed by atoms with Gasteiger partial charge in [-0.25, -0.2) is 0 Å². The van der Waals surface area contributed by atoms with Gasteiger partial charge in [0.1, 0.15) is 11.8 Å². The Morgan fingerprint density at radius 2 is 2.00 bits per heavy atom. The number of piperidine rings is 2. The van der Waals surface area contributed by atoms with Gasteiger partial charge in [-0.3, -0.25) is 34.2 Å². The Morgan fingerprint density at radius 3 is 2.73 bits per heavy atom. The first kappa shape index (κ1) is 20.0. The largest absolute Gasteiger partial charge is 0.483 e. The maximum Gasteiger partial charge on any atom is 0.266 e. The molecule has 1 unspecified atom stereocenters. The number of hydrogen-bond donors (Lipinski definition) is 3. The fraction of sp³-hybridized carbons (Fsp3) is 0.450. The van der Waals surface area contributed by atoms with Crippen LogP contribution in [0, 0.1) is 0 Å². The molecule has 3 heterocycles. The molecule has 0 spiro atoms. The highest BCUT2D eigenvalue weighted by molar-refractivity contribution is 6.24. The van der Waals surface area contributed by atoms with Crippen molar-refractivity contribution in [1.29, 1.82) is 0 Å². The monoisotopic (exact) mass is 414 g/mol. The van der Waals surface area contributed by atoms with Crippen molar-refractivity contribution in [2.45, 2.75) is 37.8 Å². The Hall–Kier alpha value is -3.27. The molecule has 1 aromatic rings. The first-order valence-electron chi connectivity index (χ1n) is 9.93. The van der Waals surface area contributed by atoms with Gasteiger partial charge in [-0.15, -0.1) is 0 Å². The predicted molar refractivity (Wildman–Crippen MR) is 103 cm³/mol.